The van der Waals surface area contributed by atoms with Crippen LogP contribution in [0.2, 0.25) is 0 Å². The first-order valence-electron chi connectivity index (χ1n) is 5.06. The van der Waals surface area contributed by atoms with Gasteiger partial charge < -0.3 is 15.1 Å². The molecule has 1 unspecified atom stereocenters. The summed E-state index contributed by atoms with van der Waals surface area (Å²) >= 11 is 0. The van der Waals surface area contributed by atoms with Crippen LogP contribution in [-0.4, -0.2) is 40.7 Å². The molecule has 2 N–H and O–H groups in total. The Kier molecular flexibility index (Phi) is 4.03. The number of nitrogens with zero attached hydrogens (tertiary/aromatic N) is 2. The van der Waals surface area contributed by atoms with Gasteiger partial charge in [-0.15, -0.1) is 0 Å². The lowest BCUT2D eigenvalue weighted by Crippen LogP contribution is -2.29. The summed E-state index contributed by atoms with van der Waals surface area (Å²) in [6.07, 6.45) is 0. The highest BCUT2D eigenvalue weighted by atomic mass is 16.4. The predicted molar refractivity (Wildman–Crippen MR) is 61.3 cm³/mol. The van der Waals surface area contributed by atoms with Gasteiger partial charge in [0.2, 0.25) is 0 Å². The lowest BCUT2D eigenvalue weighted by molar-refractivity contribution is -0.140. The Bertz CT molecular complexity index is 433. The number of anilines is 1. The van der Waals surface area contributed by atoms with Gasteiger partial charge in [-0.3, -0.25) is 4.79 Å². The summed E-state index contributed by atoms with van der Waals surface area (Å²) in [7, 11) is 1.67. The quantitative estimate of drug-likeness (QED) is 0.793. The van der Waals surface area contributed by atoms with Gasteiger partial charge in [-0.25, -0.2) is 9.78 Å². The third-order valence-electron chi connectivity index (χ3n) is 2.31. The zero-order valence-corrected chi connectivity index (χ0v) is 9.62. The number of pyridine rings is 1. The Balaban J connectivity index is 2.82. The number of aromatic carboxylic acids is 1. The monoisotopic (exact) mass is 238 g/mol. The molecule has 0 aromatic carbocycles. The van der Waals surface area contributed by atoms with Gasteiger partial charge in [0.1, 0.15) is 5.82 Å². The average Bonchev–Trinajstić information content (AvgIpc) is 2.28. The van der Waals surface area contributed by atoms with Gasteiger partial charge in [-0.05, 0) is 12.1 Å². The summed E-state index contributed by atoms with van der Waals surface area (Å²) in [4.78, 5) is 27.0. The molecule has 1 rings (SSSR count). The number of aliphatic carboxylic acids is 1. The minimum atomic E-state index is -1.11. The molecule has 1 aromatic rings. The van der Waals surface area contributed by atoms with Crippen molar-refractivity contribution in [1.29, 1.82) is 0 Å². The van der Waals surface area contributed by atoms with Gasteiger partial charge in [-0.2, -0.15) is 0 Å². The molecule has 1 heterocycles. The van der Waals surface area contributed by atoms with E-state index in [0.29, 0.717) is 5.82 Å². The summed E-state index contributed by atoms with van der Waals surface area (Å²) in [5.41, 5.74) is -0.0580. The van der Waals surface area contributed by atoms with Gasteiger partial charge in [0.25, 0.3) is 0 Å². The summed E-state index contributed by atoms with van der Waals surface area (Å²) < 4.78 is 0. The van der Waals surface area contributed by atoms with Crippen LogP contribution in [0.3, 0.4) is 0 Å². The zero-order chi connectivity index (χ0) is 13.0. The van der Waals surface area contributed by atoms with E-state index in [1.54, 1.807) is 31.0 Å². The van der Waals surface area contributed by atoms with Gasteiger partial charge in [-0.1, -0.05) is 13.0 Å². The van der Waals surface area contributed by atoms with E-state index in [-0.39, 0.29) is 12.2 Å². The highest BCUT2D eigenvalue weighted by Gasteiger charge is 2.15. The molecule has 6 heteroatoms. The molecule has 0 fully saturated rings. The Morgan fingerprint density at radius 2 is 2.06 bits per heavy atom. The van der Waals surface area contributed by atoms with E-state index in [1.807, 2.05) is 0 Å². The predicted octanol–water partition coefficient (Wildman–Crippen LogP) is 0.937. The smallest absolute Gasteiger partial charge is 0.354 e. The van der Waals surface area contributed by atoms with E-state index >= 15 is 0 Å². The molecule has 0 aliphatic rings. The van der Waals surface area contributed by atoms with Crippen LogP contribution in [0.15, 0.2) is 18.2 Å². The van der Waals surface area contributed by atoms with E-state index in [1.165, 1.54) is 6.07 Å². The molecule has 0 aliphatic heterocycles. The van der Waals surface area contributed by atoms with Crippen LogP contribution < -0.4 is 4.90 Å². The topological polar surface area (TPSA) is 90.7 Å². The van der Waals surface area contributed by atoms with Crippen molar-refractivity contribution in [2.24, 2.45) is 5.92 Å². The summed E-state index contributed by atoms with van der Waals surface area (Å²) in [6, 6.07) is 4.61. The maximum absolute atomic E-state index is 10.7. The number of hydrogen-bond donors (Lipinski definition) is 2. The van der Waals surface area contributed by atoms with Gasteiger partial charge in [0.05, 0.1) is 5.92 Å². The number of carboxylic acid groups (broad SMARTS) is 2. The van der Waals surface area contributed by atoms with Crippen LogP contribution >= 0.6 is 0 Å². The Morgan fingerprint density at radius 1 is 1.41 bits per heavy atom. The van der Waals surface area contributed by atoms with Crippen molar-refractivity contribution in [3.63, 3.8) is 0 Å². The molecular formula is C11H14N2O4. The zero-order valence-electron chi connectivity index (χ0n) is 9.62. The molecule has 0 bridgehead atoms. The SMILES string of the molecule is CC(CN(C)c1cccc(C(=O)O)n1)C(=O)O. The number of carboxylic acids is 2. The van der Waals surface area contributed by atoms with E-state index < -0.39 is 17.9 Å². The van der Waals surface area contributed by atoms with Gasteiger partial charge in [0, 0.05) is 13.6 Å². The lowest BCUT2D eigenvalue weighted by Gasteiger charge is -2.20. The molecule has 1 atom stereocenters. The van der Waals surface area contributed by atoms with E-state index in [2.05, 4.69) is 4.98 Å². The van der Waals surface area contributed by atoms with Crippen molar-refractivity contribution in [3.05, 3.63) is 23.9 Å². The van der Waals surface area contributed by atoms with Crippen molar-refractivity contribution in [3.8, 4) is 0 Å². The molecule has 0 saturated carbocycles. The number of carbonyl (C=O) groups is 2. The van der Waals surface area contributed by atoms with E-state index in [9.17, 15) is 9.59 Å². The van der Waals surface area contributed by atoms with Crippen LogP contribution in [0.5, 0.6) is 0 Å². The number of hydrogen-bond acceptors (Lipinski definition) is 4. The largest absolute Gasteiger partial charge is 0.481 e. The minimum Gasteiger partial charge on any atom is -0.481 e. The Labute approximate surface area is 98.5 Å². The van der Waals surface area contributed by atoms with Crippen LogP contribution in [0, 0.1) is 5.92 Å². The van der Waals surface area contributed by atoms with Crippen LogP contribution in [-0.2, 0) is 4.79 Å². The van der Waals surface area contributed by atoms with Crippen molar-refractivity contribution >= 4 is 17.8 Å². The molecule has 92 valence electrons. The summed E-state index contributed by atoms with van der Waals surface area (Å²) in [6.45, 7) is 1.85. The highest BCUT2D eigenvalue weighted by Crippen LogP contribution is 2.11. The molecule has 0 saturated heterocycles. The maximum Gasteiger partial charge on any atom is 0.354 e. The van der Waals surface area contributed by atoms with Crippen molar-refractivity contribution in [2.75, 3.05) is 18.5 Å². The molecule has 1 aromatic heterocycles. The third kappa shape index (κ3) is 3.44. The minimum absolute atomic E-state index is 0.0580. The van der Waals surface area contributed by atoms with Gasteiger partial charge >= 0.3 is 11.9 Å². The second-order valence-electron chi connectivity index (χ2n) is 3.81. The second kappa shape index (κ2) is 5.29. The molecule has 0 spiro atoms. The molecule has 0 amide bonds. The number of rotatable bonds is 5. The van der Waals surface area contributed by atoms with Crippen LogP contribution in [0.25, 0.3) is 0 Å². The molecule has 6 nitrogen and oxygen atoms in total. The first kappa shape index (κ1) is 13.0. The summed E-state index contributed by atoms with van der Waals surface area (Å²) in [5, 5.41) is 17.6. The van der Waals surface area contributed by atoms with Crippen molar-refractivity contribution in [2.45, 2.75) is 6.92 Å². The Hall–Kier alpha value is -2.11. The summed E-state index contributed by atoms with van der Waals surface area (Å²) in [5.74, 6) is -2.11. The fourth-order valence-electron chi connectivity index (χ4n) is 1.34. The van der Waals surface area contributed by atoms with Gasteiger partial charge in [0.15, 0.2) is 5.69 Å². The second-order valence-corrected chi connectivity index (χ2v) is 3.81. The molecular weight excluding hydrogens is 224 g/mol. The first-order valence-corrected chi connectivity index (χ1v) is 5.06. The lowest BCUT2D eigenvalue weighted by atomic mass is 10.2. The fourth-order valence-corrected chi connectivity index (χ4v) is 1.34. The van der Waals surface area contributed by atoms with Crippen LogP contribution in [0.4, 0.5) is 5.82 Å². The standard InChI is InChI=1S/C11H14N2O4/c1-7(10(14)15)6-13(2)9-5-3-4-8(12-9)11(16)17/h3-5,7H,6H2,1-2H3,(H,14,15)(H,16,17). The van der Waals surface area contributed by atoms with Crippen LogP contribution in [0.1, 0.15) is 17.4 Å². The van der Waals surface area contributed by atoms with E-state index in [4.69, 9.17) is 10.2 Å². The molecule has 17 heavy (non-hydrogen) atoms. The average molecular weight is 238 g/mol. The van der Waals surface area contributed by atoms with Crippen molar-refractivity contribution < 1.29 is 19.8 Å². The normalized spacial score (nSPS) is 11.9. The highest BCUT2D eigenvalue weighted by molar-refractivity contribution is 5.85. The van der Waals surface area contributed by atoms with Crippen molar-refractivity contribution in [1.82, 2.24) is 4.98 Å². The first-order chi connectivity index (χ1) is 7.91. The molecule has 0 radical (unpaired) electrons. The maximum atomic E-state index is 10.7. The molecule has 0 aliphatic carbocycles. The fraction of sp³-hybridized carbons (Fsp3) is 0.364. The Morgan fingerprint density at radius 3 is 2.59 bits per heavy atom. The van der Waals surface area contributed by atoms with E-state index in [0.717, 1.165) is 0 Å². The third-order valence-corrected chi connectivity index (χ3v) is 2.31. The number of aromatic nitrogens is 1.